The molecule has 0 bridgehead atoms. The molecular weight excluding hydrogens is 232 g/mol. The van der Waals surface area contributed by atoms with Gasteiger partial charge in [0.25, 0.3) is 0 Å². The second kappa shape index (κ2) is 4.87. The van der Waals surface area contributed by atoms with E-state index in [9.17, 15) is 0 Å². The van der Waals surface area contributed by atoms with Gasteiger partial charge in [0, 0.05) is 24.7 Å². The first kappa shape index (κ1) is 12.7. The van der Waals surface area contributed by atoms with Crippen molar-refractivity contribution in [1.29, 1.82) is 0 Å². The van der Waals surface area contributed by atoms with Gasteiger partial charge in [0.2, 0.25) is 0 Å². The minimum absolute atomic E-state index is 0.186. The molecule has 94 valence electrons. The number of nitrogens with one attached hydrogen (secondary N) is 1. The highest BCUT2D eigenvalue weighted by molar-refractivity contribution is 6.33. The summed E-state index contributed by atoms with van der Waals surface area (Å²) in [5, 5.41) is 4.48. The number of para-hydroxylation sites is 1. The van der Waals surface area contributed by atoms with Gasteiger partial charge in [-0.3, -0.25) is 0 Å². The number of halogens is 1. The standard InChI is InChI=1S/C14H21ClN2/c1-4-14(3)10-17(11(2)9-16-14)13-8-6-5-7-12(13)15/h5-8,11,16H,4,9-10H2,1-3H3. The fourth-order valence-electron chi connectivity index (χ4n) is 2.34. The molecule has 0 aliphatic carbocycles. The number of benzene rings is 1. The average Bonchev–Trinajstić information content (AvgIpc) is 2.34. The summed E-state index contributed by atoms with van der Waals surface area (Å²) < 4.78 is 0. The summed E-state index contributed by atoms with van der Waals surface area (Å²) in [6.07, 6.45) is 1.13. The molecule has 1 aromatic carbocycles. The van der Waals surface area contributed by atoms with Crippen LogP contribution in [0.1, 0.15) is 27.2 Å². The van der Waals surface area contributed by atoms with Crippen molar-refractivity contribution in [3.05, 3.63) is 29.3 Å². The van der Waals surface area contributed by atoms with Crippen LogP contribution in [0.3, 0.4) is 0 Å². The third kappa shape index (κ3) is 2.58. The maximum atomic E-state index is 6.30. The summed E-state index contributed by atoms with van der Waals surface area (Å²) in [6.45, 7) is 8.77. The van der Waals surface area contributed by atoms with Crippen LogP contribution in [-0.4, -0.2) is 24.7 Å². The molecule has 1 heterocycles. The summed E-state index contributed by atoms with van der Waals surface area (Å²) in [5.74, 6) is 0. The van der Waals surface area contributed by atoms with Gasteiger partial charge < -0.3 is 10.2 Å². The summed E-state index contributed by atoms with van der Waals surface area (Å²) >= 11 is 6.30. The predicted molar refractivity (Wildman–Crippen MR) is 75.0 cm³/mol. The molecule has 0 saturated carbocycles. The molecule has 1 aliphatic rings. The van der Waals surface area contributed by atoms with Gasteiger partial charge in [-0.2, -0.15) is 0 Å². The number of piperazine rings is 1. The Hall–Kier alpha value is -0.730. The van der Waals surface area contributed by atoms with E-state index >= 15 is 0 Å². The van der Waals surface area contributed by atoms with Gasteiger partial charge in [-0.15, -0.1) is 0 Å². The molecule has 1 saturated heterocycles. The Balaban J connectivity index is 2.27. The first-order valence-corrected chi connectivity index (χ1v) is 6.70. The van der Waals surface area contributed by atoms with Crippen LogP contribution in [0.2, 0.25) is 5.02 Å². The highest BCUT2D eigenvalue weighted by atomic mass is 35.5. The molecule has 1 aliphatic heterocycles. The van der Waals surface area contributed by atoms with E-state index in [1.807, 2.05) is 12.1 Å². The number of nitrogens with zero attached hydrogens (tertiary/aromatic N) is 1. The largest absolute Gasteiger partial charge is 0.365 e. The molecule has 0 radical (unpaired) electrons. The molecule has 2 nitrogen and oxygen atoms in total. The number of rotatable bonds is 2. The molecule has 1 N–H and O–H groups in total. The van der Waals surface area contributed by atoms with Gasteiger partial charge in [-0.1, -0.05) is 30.7 Å². The van der Waals surface area contributed by atoms with Crippen LogP contribution in [0, 0.1) is 0 Å². The number of hydrogen-bond donors (Lipinski definition) is 1. The zero-order chi connectivity index (χ0) is 12.5. The predicted octanol–water partition coefficient (Wildman–Crippen LogP) is 3.31. The van der Waals surface area contributed by atoms with Crippen LogP contribution in [0.5, 0.6) is 0 Å². The van der Waals surface area contributed by atoms with E-state index in [0.29, 0.717) is 6.04 Å². The van der Waals surface area contributed by atoms with Gasteiger partial charge in [-0.25, -0.2) is 0 Å². The van der Waals surface area contributed by atoms with Gasteiger partial charge >= 0.3 is 0 Å². The molecule has 0 aromatic heterocycles. The van der Waals surface area contributed by atoms with Crippen molar-refractivity contribution >= 4 is 17.3 Å². The van der Waals surface area contributed by atoms with Crippen molar-refractivity contribution in [1.82, 2.24) is 5.32 Å². The molecule has 0 amide bonds. The minimum atomic E-state index is 0.186. The third-order valence-electron chi connectivity index (χ3n) is 3.82. The first-order chi connectivity index (χ1) is 8.06. The molecule has 1 aromatic rings. The monoisotopic (exact) mass is 252 g/mol. The van der Waals surface area contributed by atoms with E-state index in [1.54, 1.807) is 0 Å². The number of hydrogen-bond acceptors (Lipinski definition) is 2. The van der Waals surface area contributed by atoms with Gasteiger partial charge in [-0.05, 0) is 32.4 Å². The highest BCUT2D eigenvalue weighted by Gasteiger charge is 2.33. The van der Waals surface area contributed by atoms with Crippen molar-refractivity contribution < 1.29 is 0 Å². The van der Waals surface area contributed by atoms with Crippen molar-refractivity contribution in [3.8, 4) is 0 Å². The van der Waals surface area contributed by atoms with E-state index in [1.165, 1.54) is 0 Å². The van der Waals surface area contributed by atoms with Crippen LogP contribution in [0.15, 0.2) is 24.3 Å². The Bertz CT molecular complexity index is 394. The van der Waals surface area contributed by atoms with Gasteiger partial charge in [0.15, 0.2) is 0 Å². The maximum absolute atomic E-state index is 6.30. The van der Waals surface area contributed by atoms with Crippen molar-refractivity contribution in [3.63, 3.8) is 0 Å². The molecule has 0 spiro atoms. The highest BCUT2D eigenvalue weighted by Crippen LogP contribution is 2.30. The van der Waals surface area contributed by atoms with E-state index in [2.05, 4.69) is 43.1 Å². The van der Waals surface area contributed by atoms with Crippen LogP contribution in [0.4, 0.5) is 5.69 Å². The Labute approximate surface area is 109 Å². The van der Waals surface area contributed by atoms with E-state index in [0.717, 1.165) is 30.2 Å². The lowest BCUT2D eigenvalue weighted by molar-refractivity contribution is 0.285. The second-order valence-electron chi connectivity index (χ2n) is 5.22. The van der Waals surface area contributed by atoms with Gasteiger partial charge in [0.05, 0.1) is 10.7 Å². The summed E-state index contributed by atoms with van der Waals surface area (Å²) in [6, 6.07) is 8.60. The van der Waals surface area contributed by atoms with Crippen molar-refractivity contribution in [2.24, 2.45) is 0 Å². The van der Waals surface area contributed by atoms with Crippen LogP contribution in [-0.2, 0) is 0 Å². The fraction of sp³-hybridized carbons (Fsp3) is 0.571. The molecule has 1 fully saturated rings. The quantitative estimate of drug-likeness (QED) is 0.869. The number of anilines is 1. The summed E-state index contributed by atoms with van der Waals surface area (Å²) in [5.41, 5.74) is 1.34. The van der Waals surface area contributed by atoms with Crippen molar-refractivity contribution in [2.45, 2.75) is 38.8 Å². The van der Waals surface area contributed by atoms with Crippen LogP contribution >= 0.6 is 11.6 Å². The lowest BCUT2D eigenvalue weighted by atomic mass is 9.93. The lowest BCUT2D eigenvalue weighted by Crippen LogP contribution is -2.62. The molecule has 2 unspecified atom stereocenters. The molecular formula is C14H21ClN2. The lowest BCUT2D eigenvalue weighted by Gasteiger charge is -2.46. The summed E-state index contributed by atoms with van der Waals surface area (Å²) in [4.78, 5) is 2.42. The maximum Gasteiger partial charge on any atom is 0.0639 e. The zero-order valence-corrected chi connectivity index (χ0v) is 11.6. The molecule has 17 heavy (non-hydrogen) atoms. The average molecular weight is 253 g/mol. The Kier molecular flexibility index (Phi) is 3.64. The summed E-state index contributed by atoms with van der Waals surface area (Å²) in [7, 11) is 0. The molecule has 3 heteroatoms. The van der Waals surface area contributed by atoms with Crippen molar-refractivity contribution in [2.75, 3.05) is 18.0 Å². The Morgan fingerprint density at radius 2 is 2.18 bits per heavy atom. The van der Waals surface area contributed by atoms with Crippen LogP contribution in [0.25, 0.3) is 0 Å². The topological polar surface area (TPSA) is 15.3 Å². The Morgan fingerprint density at radius 1 is 1.47 bits per heavy atom. The fourth-order valence-corrected chi connectivity index (χ4v) is 2.58. The SMILES string of the molecule is CCC1(C)CN(c2ccccc2Cl)C(C)CN1. The molecule has 2 rings (SSSR count). The Morgan fingerprint density at radius 3 is 2.82 bits per heavy atom. The zero-order valence-electron chi connectivity index (χ0n) is 10.8. The minimum Gasteiger partial charge on any atom is -0.365 e. The van der Waals surface area contributed by atoms with E-state index in [4.69, 9.17) is 11.6 Å². The van der Waals surface area contributed by atoms with E-state index < -0.39 is 0 Å². The first-order valence-electron chi connectivity index (χ1n) is 6.32. The smallest absolute Gasteiger partial charge is 0.0639 e. The third-order valence-corrected chi connectivity index (χ3v) is 4.14. The van der Waals surface area contributed by atoms with E-state index in [-0.39, 0.29) is 5.54 Å². The van der Waals surface area contributed by atoms with Gasteiger partial charge in [0.1, 0.15) is 0 Å². The van der Waals surface area contributed by atoms with Crippen LogP contribution < -0.4 is 10.2 Å². The second-order valence-corrected chi connectivity index (χ2v) is 5.63. The normalized spacial score (nSPS) is 29.4. The molecule has 2 atom stereocenters.